The van der Waals surface area contributed by atoms with Gasteiger partial charge in [0.2, 0.25) is 0 Å². The molecule has 2 aliphatic rings. The summed E-state index contributed by atoms with van der Waals surface area (Å²) in [5.74, 6) is 3.63. The average molecular weight is 1710 g/mol. The summed E-state index contributed by atoms with van der Waals surface area (Å²) in [6.45, 7) is 47.3. The Bertz CT molecular complexity index is 3130. The summed E-state index contributed by atoms with van der Waals surface area (Å²) in [6.07, 6.45) is 13.1. The zero-order valence-electron chi connectivity index (χ0n) is 55.9. The third-order valence-corrected chi connectivity index (χ3v) is 13.6. The standard InChI is InChI=1S/C15H14BrN3O3S.C9H13BrN2O.C8H8BrN3O.C8H6BrN3.C7H7BrN2O.C7H9N.6C2H6.6CH4/c1-11-3-6-13(7-4-11)23(20,21)22-15(17-2)10-19-14-8-5-12(16)9-18-14;1-7(13-2)5-11-9-4-3-8(10)6-12-9;1-10-8(13)5-12-7-3-2-6(9)4-11-7;9-6-1-2-8-11-4-7(3-10)12(8)5-6;8-6-1-2-7(10-5-6)9-3-4-11;1-6-3-4-7(2)8-5-6;6*1-2;;;;;;/h3-9,15H,10H2,1H3,(H,18,19);3-4,6-7H,5H2,1-2H3,(H,11,12);2-4,8,13H,5H2,(H,11,12);1-2,5,7H,4H2;1-2,4-5H,3H2,(H,9,10);3-5H,1-2H3;6*1-2H3;6*1H4. The van der Waals surface area contributed by atoms with Gasteiger partial charge in [-0.1, -0.05) is 151 Å². The number of rotatable bonds is 16. The first-order valence-corrected chi connectivity index (χ1v) is 35.1. The van der Waals surface area contributed by atoms with Gasteiger partial charge < -0.3 is 40.8 Å². The topological polar surface area (TPSA) is 251 Å². The van der Waals surface area contributed by atoms with Gasteiger partial charge in [-0.25, -0.2) is 33.1 Å². The SMILES string of the molecule is C.C.C.C.C.C.CC.CC.CC.CC.CC.CC.COC(C)CNc1ccc(Br)cn1.Cc1ccc(C)nc1.N#CC1CN=C2C=CC(Br)=CN21.O=CCNc1ccc(Br)cn1.[C-]#[N+]C(CNc1ccc(Br)cn1)OS(=O)(=O)c1ccc(C)cc1.[C-]#[N+]C(O)CNc1ccc(Br)cn1. The number of aliphatic hydroxyl groups excluding tert-OH is 1. The molecular formula is C72H117Br5N14O6S. The Labute approximate surface area is 635 Å². The largest absolute Gasteiger partial charge is 0.380 e. The number of aldehydes is 1. The second kappa shape index (κ2) is 73.2. The highest BCUT2D eigenvalue weighted by molar-refractivity contribution is 9.12. The number of aromatic nitrogens is 5. The monoisotopic (exact) mass is 1700 g/mol. The van der Waals surface area contributed by atoms with E-state index in [0.717, 1.165) is 58.1 Å². The number of aryl methyl sites for hydroxylation is 3. The lowest BCUT2D eigenvalue weighted by Crippen LogP contribution is -2.31. The number of halogens is 5. The zero-order chi connectivity index (χ0) is 70.9. The molecule has 552 valence electrons. The van der Waals surface area contributed by atoms with Gasteiger partial charge in [-0.05, 0) is 192 Å². The molecule has 4 unspecified atom stereocenters. The van der Waals surface area contributed by atoms with Gasteiger partial charge in [0.05, 0.1) is 30.2 Å². The number of anilines is 4. The van der Waals surface area contributed by atoms with Gasteiger partial charge in [-0.3, -0.25) is 19.7 Å². The lowest BCUT2D eigenvalue weighted by Gasteiger charge is -2.20. The van der Waals surface area contributed by atoms with Crippen LogP contribution in [0, 0.1) is 45.2 Å². The number of allylic oxidation sites excluding steroid dienone is 2. The molecule has 0 saturated heterocycles. The smallest absolute Gasteiger partial charge is 0.359 e. The Morgan fingerprint density at radius 3 is 1.36 bits per heavy atom. The van der Waals surface area contributed by atoms with Crippen molar-refractivity contribution in [2.75, 3.05) is 61.1 Å². The molecule has 0 bridgehead atoms. The van der Waals surface area contributed by atoms with Crippen molar-refractivity contribution in [1.82, 2.24) is 29.8 Å². The predicted octanol–water partition coefficient (Wildman–Crippen LogP) is 21.5. The molecule has 6 aromatic rings. The number of hydrogen-bond donors (Lipinski definition) is 5. The number of aliphatic hydroxyl groups is 1. The molecule has 2 aliphatic heterocycles. The first kappa shape index (κ1) is 113. The summed E-state index contributed by atoms with van der Waals surface area (Å²) in [6, 6.07) is 27.0. The van der Waals surface area contributed by atoms with Crippen molar-refractivity contribution in [3.05, 3.63) is 196 Å². The number of hydrogen-bond acceptors (Lipinski definition) is 18. The summed E-state index contributed by atoms with van der Waals surface area (Å²) in [4.78, 5) is 42.5. The Morgan fingerprint density at radius 1 is 0.602 bits per heavy atom. The second-order valence-electron chi connectivity index (χ2n) is 16.3. The fraction of sp³-hybridized carbons (Fsp3) is 0.444. The minimum Gasteiger partial charge on any atom is -0.380 e. The maximum absolute atomic E-state index is 12.2. The van der Waals surface area contributed by atoms with Crippen molar-refractivity contribution in [3.8, 4) is 6.07 Å². The Balaban J connectivity index is -0.000000116. The second-order valence-corrected chi connectivity index (χ2v) is 22.5. The van der Waals surface area contributed by atoms with Crippen molar-refractivity contribution in [2.45, 2.75) is 185 Å². The van der Waals surface area contributed by atoms with E-state index in [-0.39, 0.29) is 74.7 Å². The fourth-order valence-electron chi connectivity index (χ4n) is 5.62. The van der Waals surface area contributed by atoms with Crippen LogP contribution in [0.5, 0.6) is 0 Å². The van der Waals surface area contributed by atoms with Crippen LogP contribution in [0.4, 0.5) is 23.3 Å². The number of carbonyl (C=O) groups is 1. The van der Waals surface area contributed by atoms with Gasteiger partial charge in [0.25, 0.3) is 0 Å². The van der Waals surface area contributed by atoms with Crippen LogP contribution in [-0.2, 0) is 23.8 Å². The molecule has 0 saturated carbocycles. The summed E-state index contributed by atoms with van der Waals surface area (Å²) >= 11 is 16.4. The van der Waals surface area contributed by atoms with Crippen LogP contribution >= 0.6 is 79.6 Å². The molecule has 0 amide bonds. The third-order valence-electron chi connectivity index (χ3n) is 9.90. The van der Waals surface area contributed by atoms with E-state index in [4.69, 9.17) is 32.4 Å². The van der Waals surface area contributed by atoms with Crippen molar-refractivity contribution < 1.29 is 27.2 Å². The molecule has 0 aliphatic carbocycles. The highest BCUT2D eigenvalue weighted by Gasteiger charge is 2.27. The van der Waals surface area contributed by atoms with Gasteiger partial charge >= 0.3 is 22.6 Å². The van der Waals surface area contributed by atoms with Gasteiger partial charge in [-0.2, -0.15) is 17.9 Å². The number of nitrogens with one attached hydrogen (secondary N) is 4. The molecule has 26 heteroatoms. The highest BCUT2D eigenvalue weighted by atomic mass is 79.9. The number of benzene rings is 1. The number of fused-ring (bicyclic) bond motifs is 1. The van der Waals surface area contributed by atoms with E-state index in [1.54, 1.807) is 68.3 Å². The van der Waals surface area contributed by atoms with Crippen LogP contribution in [0.25, 0.3) is 9.69 Å². The predicted molar refractivity (Wildman–Crippen MR) is 439 cm³/mol. The molecule has 8 rings (SSSR count). The van der Waals surface area contributed by atoms with E-state index in [9.17, 15) is 13.2 Å². The van der Waals surface area contributed by atoms with Crippen LogP contribution in [0.2, 0.25) is 0 Å². The van der Waals surface area contributed by atoms with Crippen molar-refractivity contribution in [3.63, 3.8) is 0 Å². The number of nitriles is 1. The van der Waals surface area contributed by atoms with Crippen LogP contribution < -0.4 is 21.3 Å². The fourth-order valence-corrected chi connectivity index (χ4v) is 7.89. The first-order chi connectivity index (χ1) is 44.3. The number of amidine groups is 1. The normalized spacial score (nSPS) is 11.5. The summed E-state index contributed by atoms with van der Waals surface area (Å²) in [5, 5.41) is 29.4. The molecule has 4 atom stereocenters. The Morgan fingerprint density at radius 2 is 1.01 bits per heavy atom. The van der Waals surface area contributed by atoms with Gasteiger partial charge in [-0.15, -0.1) is 0 Å². The van der Waals surface area contributed by atoms with Crippen LogP contribution in [0.1, 0.15) is 151 Å². The molecule has 1 aromatic carbocycles. The molecule has 0 spiro atoms. The van der Waals surface area contributed by atoms with E-state index in [1.165, 1.54) is 17.7 Å². The number of nitrogens with zero attached hydrogens (tertiary/aromatic N) is 10. The molecule has 0 fully saturated rings. The molecule has 98 heavy (non-hydrogen) atoms. The lowest BCUT2D eigenvalue weighted by atomic mass is 10.2. The molecule has 5 aromatic heterocycles. The van der Waals surface area contributed by atoms with E-state index in [2.05, 4.69) is 153 Å². The summed E-state index contributed by atoms with van der Waals surface area (Å²) in [7, 11) is -2.29. The van der Waals surface area contributed by atoms with Crippen molar-refractivity contribution in [2.24, 2.45) is 4.99 Å². The zero-order valence-corrected chi connectivity index (χ0v) is 64.6. The molecule has 20 nitrogen and oxygen atoms in total. The first-order valence-electron chi connectivity index (χ1n) is 29.7. The maximum Gasteiger partial charge on any atom is 0.359 e. The average Bonchev–Trinajstić information content (AvgIpc) is 1.74. The van der Waals surface area contributed by atoms with Crippen LogP contribution in [0.15, 0.2) is 167 Å². The number of ether oxygens (including phenoxy) is 1. The number of carbonyl (C=O) groups excluding carboxylic acids is 1. The molecule has 0 radical (unpaired) electrons. The van der Waals surface area contributed by atoms with Crippen molar-refractivity contribution >= 4 is 125 Å². The van der Waals surface area contributed by atoms with E-state index < -0.39 is 22.6 Å². The third kappa shape index (κ3) is 54.4. The maximum atomic E-state index is 12.2. The van der Waals surface area contributed by atoms with Crippen LogP contribution in [0.3, 0.4) is 0 Å². The highest BCUT2D eigenvalue weighted by Crippen LogP contribution is 2.22. The number of aliphatic imine (C=N–C) groups is 1. The van der Waals surface area contributed by atoms with E-state index in [0.29, 0.717) is 30.5 Å². The summed E-state index contributed by atoms with van der Waals surface area (Å²) < 4.78 is 39.0. The summed E-state index contributed by atoms with van der Waals surface area (Å²) in [5.41, 5.74) is 3.24. The minimum absolute atomic E-state index is 0. The molecule has 5 N–H and O–H groups in total. The lowest BCUT2D eigenvalue weighted by molar-refractivity contribution is -0.106. The number of methoxy groups -OCH3 is 1. The molecule has 7 heterocycles. The van der Waals surface area contributed by atoms with E-state index >= 15 is 0 Å². The van der Waals surface area contributed by atoms with Gasteiger partial charge in [0, 0.05) is 78.9 Å². The van der Waals surface area contributed by atoms with Crippen LogP contribution in [-0.4, -0.2) is 120 Å². The Kier molecular flexibility index (Phi) is 84.3. The van der Waals surface area contributed by atoms with Gasteiger partial charge in [0.15, 0.2) is 0 Å². The minimum atomic E-state index is -3.98. The molecular weight excluding hydrogens is 1590 g/mol. The van der Waals surface area contributed by atoms with Crippen molar-refractivity contribution in [1.29, 1.82) is 5.26 Å². The van der Waals surface area contributed by atoms with Gasteiger partial charge in [0.1, 0.15) is 54.5 Å². The van der Waals surface area contributed by atoms with E-state index in [1.807, 2.05) is 171 Å². The quantitative estimate of drug-likeness (QED) is 0.0343. The number of pyridine rings is 5. The Hall–Kier alpha value is -6.51.